The average Bonchev–Trinajstić information content (AvgIpc) is 2.08. The van der Waals surface area contributed by atoms with Crippen LogP contribution in [-0.4, -0.2) is 22.6 Å². The molecule has 1 aromatic rings. The van der Waals surface area contributed by atoms with Crippen molar-refractivity contribution in [2.45, 2.75) is 6.54 Å². The summed E-state index contributed by atoms with van der Waals surface area (Å²) < 4.78 is 0.912. The lowest BCUT2D eigenvalue weighted by Crippen LogP contribution is -2.22. The number of hydrogen-bond acceptors (Lipinski definition) is 3. The van der Waals surface area contributed by atoms with Crippen LogP contribution in [0.5, 0.6) is 0 Å². The van der Waals surface area contributed by atoms with Crippen LogP contribution in [-0.2, 0) is 11.3 Å². The topological polar surface area (TPSA) is 62.2 Å². The largest absolute Gasteiger partial charge is 0.480 e. The Bertz CT molecular complexity index is 287. The molecule has 0 spiro atoms. The second kappa shape index (κ2) is 4.94. The van der Waals surface area contributed by atoms with E-state index in [4.69, 9.17) is 5.11 Å². The fraction of sp³-hybridized carbons (Fsp3) is 0.250. The molecule has 4 nitrogen and oxygen atoms in total. The molecule has 1 aromatic heterocycles. The van der Waals surface area contributed by atoms with Crippen molar-refractivity contribution >= 4 is 21.9 Å². The van der Waals surface area contributed by atoms with Gasteiger partial charge in [0.05, 0.1) is 12.2 Å². The molecule has 0 aromatic carbocycles. The van der Waals surface area contributed by atoms with E-state index in [0.29, 0.717) is 6.54 Å². The van der Waals surface area contributed by atoms with Crippen LogP contribution in [0.4, 0.5) is 0 Å². The molecule has 0 amide bonds. The molecule has 0 saturated heterocycles. The van der Waals surface area contributed by atoms with Crippen molar-refractivity contribution in [2.75, 3.05) is 6.54 Å². The number of pyridine rings is 1. The van der Waals surface area contributed by atoms with Gasteiger partial charge in [-0.1, -0.05) is 0 Å². The Morgan fingerprint density at radius 1 is 1.62 bits per heavy atom. The molecular formula is C8H9BrN2O2. The van der Waals surface area contributed by atoms with Gasteiger partial charge in [-0.2, -0.15) is 0 Å². The van der Waals surface area contributed by atoms with E-state index in [1.807, 2.05) is 12.1 Å². The highest BCUT2D eigenvalue weighted by Gasteiger charge is 1.97. The number of hydrogen-bond donors (Lipinski definition) is 2. The molecular weight excluding hydrogens is 236 g/mol. The fourth-order valence-corrected chi connectivity index (χ4v) is 1.04. The summed E-state index contributed by atoms with van der Waals surface area (Å²) in [6, 6.07) is 3.70. The van der Waals surface area contributed by atoms with Crippen molar-refractivity contribution in [3.05, 3.63) is 28.5 Å². The lowest BCUT2D eigenvalue weighted by Gasteiger charge is -2.00. The van der Waals surface area contributed by atoms with E-state index >= 15 is 0 Å². The second-order valence-electron chi connectivity index (χ2n) is 2.47. The Morgan fingerprint density at radius 3 is 2.92 bits per heavy atom. The SMILES string of the molecule is O=C(O)CNCc1ccc(Br)cn1. The first-order valence-corrected chi connectivity index (χ1v) is 4.51. The summed E-state index contributed by atoms with van der Waals surface area (Å²) >= 11 is 3.26. The van der Waals surface area contributed by atoms with Gasteiger partial charge in [0.1, 0.15) is 0 Å². The van der Waals surface area contributed by atoms with Gasteiger partial charge in [0.25, 0.3) is 0 Å². The molecule has 1 rings (SSSR count). The summed E-state index contributed by atoms with van der Waals surface area (Å²) in [5.41, 5.74) is 0.824. The minimum atomic E-state index is -0.864. The van der Waals surface area contributed by atoms with Gasteiger partial charge in [-0.05, 0) is 28.1 Å². The Balaban J connectivity index is 2.37. The van der Waals surface area contributed by atoms with Crippen molar-refractivity contribution in [1.29, 1.82) is 0 Å². The summed E-state index contributed by atoms with van der Waals surface area (Å²) in [5, 5.41) is 11.1. The number of nitrogens with zero attached hydrogens (tertiary/aromatic N) is 1. The lowest BCUT2D eigenvalue weighted by atomic mass is 10.3. The lowest BCUT2D eigenvalue weighted by molar-refractivity contribution is -0.135. The summed E-state index contributed by atoms with van der Waals surface area (Å²) in [6.07, 6.45) is 1.68. The quantitative estimate of drug-likeness (QED) is 0.831. The number of rotatable bonds is 4. The number of aliphatic carboxylic acids is 1. The van der Waals surface area contributed by atoms with Crippen LogP contribution in [0.3, 0.4) is 0 Å². The highest BCUT2D eigenvalue weighted by atomic mass is 79.9. The summed E-state index contributed by atoms with van der Waals surface area (Å²) in [7, 11) is 0. The van der Waals surface area contributed by atoms with Gasteiger partial charge in [0.2, 0.25) is 0 Å². The number of halogens is 1. The maximum atomic E-state index is 10.2. The van der Waals surface area contributed by atoms with Crippen LogP contribution >= 0.6 is 15.9 Å². The predicted molar refractivity (Wildman–Crippen MR) is 51.3 cm³/mol. The highest BCUT2D eigenvalue weighted by molar-refractivity contribution is 9.10. The molecule has 0 bridgehead atoms. The van der Waals surface area contributed by atoms with Gasteiger partial charge in [0.15, 0.2) is 0 Å². The fourth-order valence-electron chi connectivity index (χ4n) is 0.809. The van der Waals surface area contributed by atoms with Gasteiger partial charge in [-0.15, -0.1) is 0 Å². The predicted octanol–water partition coefficient (Wildman–Crippen LogP) is 1.02. The molecule has 0 saturated carbocycles. The smallest absolute Gasteiger partial charge is 0.317 e. The van der Waals surface area contributed by atoms with Crippen LogP contribution in [0, 0.1) is 0 Å². The zero-order valence-corrected chi connectivity index (χ0v) is 8.41. The van der Waals surface area contributed by atoms with Gasteiger partial charge >= 0.3 is 5.97 Å². The highest BCUT2D eigenvalue weighted by Crippen LogP contribution is 2.06. The van der Waals surface area contributed by atoms with Gasteiger partial charge in [-0.3, -0.25) is 9.78 Å². The van der Waals surface area contributed by atoms with E-state index in [1.165, 1.54) is 0 Å². The third-order valence-electron chi connectivity index (χ3n) is 1.37. The number of aromatic nitrogens is 1. The first-order chi connectivity index (χ1) is 6.18. The summed E-state index contributed by atoms with van der Waals surface area (Å²) in [4.78, 5) is 14.2. The van der Waals surface area contributed by atoms with Crippen molar-refractivity contribution < 1.29 is 9.90 Å². The van der Waals surface area contributed by atoms with Crippen LogP contribution in [0.2, 0.25) is 0 Å². The standard InChI is InChI=1S/C8H9BrN2O2/c9-6-1-2-7(11-3-6)4-10-5-8(12)13/h1-3,10H,4-5H2,(H,12,13). The van der Waals surface area contributed by atoms with Crippen LogP contribution in [0.15, 0.2) is 22.8 Å². The zero-order valence-electron chi connectivity index (χ0n) is 6.83. The first-order valence-electron chi connectivity index (χ1n) is 3.71. The van der Waals surface area contributed by atoms with E-state index in [9.17, 15) is 4.79 Å². The Morgan fingerprint density at radius 2 is 2.38 bits per heavy atom. The number of carbonyl (C=O) groups is 1. The third kappa shape index (κ3) is 4.00. The summed E-state index contributed by atoms with van der Waals surface area (Å²) in [6.45, 7) is 0.428. The molecule has 1 heterocycles. The molecule has 0 atom stereocenters. The molecule has 2 N–H and O–H groups in total. The van der Waals surface area contributed by atoms with Crippen molar-refractivity contribution in [1.82, 2.24) is 10.3 Å². The van der Waals surface area contributed by atoms with E-state index in [2.05, 4.69) is 26.2 Å². The number of carboxylic acid groups (broad SMARTS) is 1. The third-order valence-corrected chi connectivity index (χ3v) is 1.84. The van der Waals surface area contributed by atoms with Crippen molar-refractivity contribution in [3.63, 3.8) is 0 Å². The van der Waals surface area contributed by atoms with E-state index in [0.717, 1.165) is 10.2 Å². The van der Waals surface area contributed by atoms with Gasteiger partial charge in [-0.25, -0.2) is 0 Å². The number of nitrogens with one attached hydrogen (secondary N) is 1. The van der Waals surface area contributed by atoms with E-state index < -0.39 is 5.97 Å². The molecule has 70 valence electrons. The first kappa shape index (κ1) is 10.1. The Labute approximate surface area is 84.1 Å². The maximum Gasteiger partial charge on any atom is 0.317 e. The van der Waals surface area contributed by atoms with Crippen LogP contribution in [0.1, 0.15) is 5.69 Å². The van der Waals surface area contributed by atoms with Crippen LogP contribution in [0.25, 0.3) is 0 Å². The minimum absolute atomic E-state index is 0.0439. The molecule has 0 radical (unpaired) electrons. The number of carboxylic acids is 1. The molecule has 0 fully saturated rings. The van der Waals surface area contributed by atoms with E-state index in [1.54, 1.807) is 6.20 Å². The summed E-state index contributed by atoms with van der Waals surface area (Å²) in [5.74, 6) is -0.864. The molecule has 0 aliphatic heterocycles. The van der Waals surface area contributed by atoms with Crippen molar-refractivity contribution in [2.24, 2.45) is 0 Å². The van der Waals surface area contributed by atoms with Gasteiger partial charge in [0, 0.05) is 17.2 Å². The van der Waals surface area contributed by atoms with Gasteiger partial charge < -0.3 is 10.4 Å². The molecule has 13 heavy (non-hydrogen) atoms. The Hall–Kier alpha value is -0.940. The molecule has 0 aliphatic carbocycles. The maximum absolute atomic E-state index is 10.2. The average molecular weight is 245 g/mol. The van der Waals surface area contributed by atoms with Crippen molar-refractivity contribution in [3.8, 4) is 0 Å². The molecule has 0 unspecified atom stereocenters. The van der Waals surface area contributed by atoms with E-state index in [-0.39, 0.29) is 6.54 Å². The second-order valence-corrected chi connectivity index (χ2v) is 3.38. The van der Waals surface area contributed by atoms with Crippen LogP contribution < -0.4 is 5.32 Å². The molecule has 5 heteroatoms. The normalized spacial score (nSPS) is 9.92. The molecule has 0 aliphatic rings. The zero-order chi connectivity index (χ0) is 9.68. The monoisotopic (exact) mass is 244 g/mol. The Kier molecular flexibility index (Phi) is 3.85. The minimum Gasteiger partial charge on any atom is -0.480 e.